The zero-order valence-electron chi connectivity index (χ0n) is 12.1. The highest BCUT2D eigenvalue weighted by Crippen LogP contribution is 2.22. The van der Waals surface area contributed by atoms with Gasteiger partial charge in [0.05, 0.1) is 0 Å². The molecule has 0 bridgehead atoms. The van der Waals surface area contributed by atoms with Crippen LogP contribution < -0.4 is 5.32 Å². The molecule has 0 aliphatic carbocycles. The van der Waals surface area contributed by atoms with Crippen LogP contribution in [-0.2, 0) is 6.42 Å². The summed E-state index contributed by atoms with van der Waals surface area (Å²) in [5.41, 5.74) is 1.26. The van der Waals surface area contributed by atoms with Crippen molar-refractivity contribution in [1.82, 2.24) is 10.1 Å². The minimum Gasteiger partial charge on any atom is -0.360 e. The molecule has 5 heteroatoms. The molecule has 21 heavy (non-hydrogen) atoms. The van der Waals surface area contributed by atoms with Crippen molar-refractivity contribution in [1.29, 1.82) is 0 Å². The highest BCUT2D eigenvalue weighted by atomic mass is 16.5. The Morgan fingerprint density at radius 3 is 2.95 bits per heavy atom. The second-order valence-electron chi connectivity index (χ2n) is 5.43. The van der Waals surface area contributed by atoms with Gasteiger partial charge in [-0.3, -0.25) is 5.32 Å². The fourth-order valence-electron chi connectivity index (χ4n) is 2.81. The molecule has 110 valence electrons. The minimum absolute atomic E-state index is 0.0956. The van der Waals surface area contributed by atoms with Crippen LogP contribution in [0.2, 0.25) is 0 Å². The van der Waals surface area contributed by atoms with Gasteiger partial charge in [-0.1, -0.05) is 35.5 Å². The van der Waals surface area contributed by atoms with Gasteiger partial charge in [0.1, 0.15) is 5.76 Å². The average Bonchev–Trinajstić information content (AvgIpc) is 3.09. The van der Waals surface area contributed by atoms with Gasteiger partial charge in [-0.25, -0.2) is 4.79 Å². The van der Waals surface area contributed by atoms with Crippen molar-refractivity contribution >= 4 is 11.8 Å². The van der Waals surface area contributed by atoms with E-state index in [0.29, 0.717) is 11.6 Å². The van der Waals surface area contributed by atoms with E-state index in [4.69, 9.17) is 4.52 Å². The van der Waals surface area contributed by atoms with Crippen LogP contribution in [0.1, 0.15) is 24.2 Å². The van der Waals surface area contributed by atoms with E-state index in [1.807, 2.05) is 23.1 Å². The number of urea groups is 1. The van der Waals surface area contributed by atoms with Gasteiger partial charge in [0.2, 0.25) is 0 Å². The van der Waals surface area contributed by atoms with Gasteiger partial charge in [-0.2, -0.15) is 0 Å². The van der Waals surface area contributed by atoms with Gasteiger partial charge in [0, 0.05) is 18.7 Å². The molecule has 1 atom stereocenters. The lowest BCUT2D eigenvalue weighted by molar-refractivity contribution is 0.206. The summed E-state index contributed by atoms with van der Waals surface area (Å²) in [6.07, 6.45) is 2.98. The van der Waals surface area contributed by atoms with Crippen LogP contribution >= 0.6 is 0 Å². The molecular formula is C16H19N3O2. The second-order valence-corrected chi connectivity index (χ2v) is 5.43. The lowest BCUT2D eigenvalue weighted by atomic mass is 10.0. The first kappa shape index (κ1) is 13.7. The van der Waals surface area contributed by atoms with Crippen molar-refractivity contribution in [2.24, 2.45) is 0 Å². The van der Waals surface area contributed by atoms with Crippen LogP contribution in [-0.4, -0.2) is 28.7 Å². The summed E-state index contributed by atoms with van der Waals surface area (Å²) in [7, 11) is 0. The number of hydrogen-bond donors (Lipinski definition) is 1. The van der Waals surface area contributed by atoms with Gasteiger partial charge in [0.15, 0.2) is 5.82 Å². The van der Waals surface area contributed by atoms with Crippen molar-refractivity contribution in [3.8, 4) is 0 Å². The molecular weight excluding hydrogens is 266 g/mol. The quantitative estimate of drug-likeness (QED) is 0.942. The summed E-state index contributed by atoms with van der Waals surface area (Å²) >= 11 is 0. The number of rotatable bonds is 3. The fourth-order valence-corrected chi connectivity index (χ4v) is 2.81. The molecule has 1 aliphatic rings. The fraction of sp³-hybridized carbons (Fsp3) is 0.375. The Kier molecular flexibility index (Phi) is 3.90. The van der Waals surface area contributed by atoms with Gasteiger partial charge < -0.3 is 9.42 Å². The maximum absolute atomic E-state index is 12.4. The van der Waals surface area contributed by atoms with E-state index in [2.05, 4.69) is 22.6 Å². The molecule has 2 aromatic rings. The molecule has 0 saturated carbocycles. The zero-order valence-corrected chi connectivity index (χ0v) is 12.1. The van der Waals surface area contributed by atoms with Gasteiger partial charge >= 0.3 is 6.03 Å². The zero-order chi connectivity index (χ0) is 14.7. The molecule has 2 heterocycles. The predicted molar refractivity (Wildman–Crippen MR) is 80.1 cm³/mol. The Morgan fingerprint density at radius 2 is 2.24 bits per heavy atom. The molecule has 2 amide bonds. The van der Waals surface area contributed by atoms with Crippen LogP contribution in [0.4, 0.5) is 10.6 Å². The number of anilines is 1. The third kappa shape index (κ3) is 3.24. The van der Waals surface area contributed by atoms with E-state index in [0.717, 1.165) is 25.8 Å². The molecule has 3 rings (SSSR count). The van der Waals surface area contributed by atoms with Gasteiger partial charge in [-0.05, 0) is 31.7 Å². The first-order valence-corrected chi connectivity index (χ1v) is 7.27. The number of benzene rings is 1. The minimum atomic E-state index is -0.0956. The number of carbonyl (C=O) groups excluding carboxylic acids is 1. The topological polar surface area (TPSA) is 58.4 Å². The summed E-state index contributed by atoms with van der Waals surface area (Å²) in [6.45, 7) is 2.59. The summed E-state index contributed by atoms with van der Waals surface area (Å²) in [6, 6.07) is 12.2. The molecule has 1 saturated heterocycles. The van der Waals surface area contributed by atoms with E-state index in [1.54, 1.807) is 13.0 Å². The maximum atomic E-state index is 12.4. The largest absolute Gasteiger partial charge is 0.360 e. The third-order valence-corrected chi connectivity index (χ3v) is 3.82. The number of carbonyl (C=O) groups is 1. The number of aromatic nitrogens is 1. The number of amides is 2. The average molecular weight is 285 g/mol. The normalized spacial score (nSPS) is 18.0. The Balaban J connectivity index is 1.64. The lowest BCUT2D eigenvalue weighted by Gasteiger charge is -2.24. The summed E-state index contributed by atoms with van der Waals surface area (Å²) in [5.74, 6) is 1.16. The highest BCUT2D eigenvalue weighted by molar-refractivity contribution is 5.88. The second kappa shape index (κ2) is 5.99. The molecule has 1 unspecified atom stereocenters. The lowest BCUT2D eigenvalue weighted by Crippen LogP contribution is -2.39. The molecule has 1 aromatic heterocycles. The number of nitrogens with one attached hydrogen (secondary N) is 1. The van der Waals surface area contributed by atoms with Crippen LogP contribution in [0.5, 0.6) is 0 Å². The van der Waals surface area contributed by atoms with Crippen molar-refractivity contribution in [2.75, 3.05) is 11.9 Å². The highest BCUT2D eigenvalue weighted by Gasteiger charge is 2.29. The van der Waals surface area contributed by atoms with Crippen molar-refractivity contribution < 1.29 is 9.32 Å². The smallest absolute Gasteiger partial charge is 0.323 e. The van der Waals surface area contributed by atoms with E-state index in [1.165, 1.54) is 5.56 Å². The van der Waals surface area contributed by atoms with E-state index >= 15 is 0 Å². The monoisotopic (exact) mass is 285 g/mol. The van der Waals surface area contributed by atoms with Gasteiger partial charge in [0.25, 0.3) is 0 Å². The van der Waals surface area contributed by atoms with E-state index < -0.39 is 0 Å². The van der Waals surface area contributed by atoms with Crippen LogP contribution in [0.25, 0.3) is 0 Å². The number of hydrogen-bond acceptors (Lipinski definition) is 3. The van der Waals surface area contributed by atoms with Gasteiger partial charge in [-0.15, -0.1) is 0 Å². The predicted octanol–water partition coefficient (Wildman–Crippen LogP) is 3.22. The Hall–Kier alpha value is -2.30. The van der Waals surface area contributed by atoms with Crippen LogP contribution in [0.15, 0.2) is 40.9 Å². The van der Waals surface area contributed by atoms with E-state index in [-0.39, 0.29) is 12.1 Å². The summed E-state index contributed by atoms with van der Waals surface area (Å²) < 4.78 is 4.97. The third-order valence-electron chi connectivity index (χ3n) is 3.82. The number of likely N-dealkylation sites (tertiary alicyclic amines) is 1. The first-order valence-electron chi connectivity index (χ1n) is 7.27. The summed E-state index contributed by atoms with van der Waals surface area (Å²) in [5, 5.41) is 6.61. The van der Waals surface area contributed by atoms with E-state index in [9.17, 15) is 4.79 Å². The molecule has 1 aromatic carbocycles. The molecule has 0 spiro atoms. The molecule has 1 N–H and O–H groups in total. The Bertz CT molecular complexity index is 609. The van der Waals surface area contributed by atoms with Crippen LogP contribution in [0.3, 0.4) is 0 Å². The molecule has 1 aliphatic heterocycles. The number of nitrogens with zero attached hydrogens (tertiary/aromatic N) is 2. The Morgan fingerprint density at radius 1 is 1.43 bits per heavy atom. The standard InChI is InChI=1S/C16H19N3O2/c1-12-10-15(18-21-12)17-16(20)19-9-5-8-14(19)11-13-6-3-2-4-7-13/h2-4,6-7,10,14H,5,8-9,11H2,1H3,(H,17,18,20). The molecule has 1 fully saturated rings. The SMILES string of the molecule is Cc1cc(NC(=O)N2CCCC2Cc2ccccc2)no1. The van der Waals surface area contributed by atoms with Crippen molar-refractivity contribution in [3.05, 3.63) is 47.7 Å². The molecule has 5 nitrogen and oxygen atoms in total. The first-order chi connectivity index (χ1) is 10.2. The Labute approximate surface area is 123 Å². The summed E-state index contributed by atoms with van der Waals surface area (Å²) in [4.78, 5) is 14.3. The van der Waals surface area contributed by atoms with Crippen molar-refractivity contribution in [3.63, 3.8) is 0 Å². The van der Waals surface area contributed by atoms with Crippen molar-refractivity contribution in [2.45, 2.75) is 32.2 Å². The molecule has 0 radical (unpaired) electrons. The van der Waals surface area contributed by atoms with Crippen LogP contribution in [0, 0.1) is 6.92 Å². The maximum Gasteiger partial charge on any atom is 0.323 e. The number of aryl methyl sites for hydroxylation is 1.